The van der Waals surface area contributed by atoms with Crippen molar-refractivity contribution in [2.24, 2.45) is 0 Å². The first kappa shape index (κ1) is 9.84. The van der Waals surface area contributed by atoms with Crippen molar-refractivity contribution in [3.8, 4) is 11.3 Å². The highest BCUT2D eigenvalue weighted by Gasteiger charge is 2.02. The predicted molar refractivity (Wildman–Crippen MR) is 65.4 cm³/mol. The Bertz CT molecular complexity index is 581. The molecule has 0 fully saturated rings. The number of rotatable bonds is 3. The van der Waals surface area contributed by atoms with Gasteiger partial charge in [-0.2, -0.15) is 10.2 Å². The van der Waals surface area contributed by atoms with Gasteiger partial charge in [0.25, 0.3) is 0 Å². The van der Waals surface area contributed by atoms with Crippen molar-refractivity contribution in [3.05, 3.63) is 60.6 Å². The molecule has 0 aliphatic heterocycles. The smallest absolute Gasteiger partial charge is 0.0681 e. The van der Waals surface area contributed by atoms with Crippen LogP contribution in [0.25, 0.3) is 11.3 Å². The Morgan fingerprint density at radius 1 is 1.12 bits per heavy atom. The van der Waals surface area contributed by atoms with Gasteiger partial charge in [0, 0.05) is 18.0 Å². The highest BCUT2D eigenvalue weighted by Crippen LogP contribution is 2.15. The molecule has 0 atom stereocenters. The van der Waals surface area contributed by atoms with Crippen LogP contribution in [0.2, 0.25) is 0 Å². The van der Waals surface area contributed by atoms with Gasteiger partial charge in [0.2, 0.25) is 0 Å². The lowest BCUT2D eigenvalue weighted by molar-refractivity contribution is 0.687. The zero-order valence-corrected chi connectivity index (χ0v) is 9.24. The third-order valence-electron chi connectivity index (χ3n) is 2.63. The fourth-order valence-electron chi connectivity index (χ4n) is 1.78. The van der Waals surface area contributed by atoms with E-state index < -0.39 is 0 Å². The number of benzene rings is 1. The van der Waals surface area contributed by atoms with E-state index in [0.717, 1.165) is 17.8 Å². The molecule has 4 heteroatoms. The SMILES string of the molecule is c1ccc(Cn2cc(-c3ccn[nH]3)cn2)cc1. The summed E-state index contributed by atoms with van der Waals surface area (Å²) >= 11 is 0. The molecule has 0 saturated carbocycles. The maximum Gasteiger partial charge on any atom is 0.0681 e. The molecular weight excluding hydrogens is 212 g/mol. The summed E-state index contributed by atoms with van der Waals surface area (Å²) in [5, 5.41) is 11.2. The molecule has 17 heavy (non-hydrogen) atoms. The molecule has 3 rings (SSSR count). The lowest BCUT2D eigenvalue weighted by atomic mass is 10.2. The Morgan fingerprint density at radius 3 is 2.76 bits per heavy atom. The first-order valence-electron chi connectivity index (χ1n) is 5.48. The molecule has 0 amide bonds. The lowest BCUT2D eigenvalue weighted by Gasteiger charge is -2.00. The average Bonchev–Trinajstić information content (AvgIpc) is 3.00. The largest absolute Gasteiger partial charge is 0.278 e. The molecule has 0 saturated heterocycles. The van der Waals surface area contributed by atoms with Crippen LogP contribution in [0.1, 0.15) is 5.56 Å². The van der Waals surface area contributed by atoms with Crippen molar-refractivity contribution >= 4 is 0 Å². The number of aromatic nitrogens is 4. The normalized spacial score (nSPS) is 10.6. The Balaban J connectivity index is 1.82. The average molecular weight is 224 g/mol. The number of hydrogen-bond acceptors (Lipinski definition) is 2. The zero-order chi connectivity index (χ0) is 11.5. The third kappa shape index (κ3) is 2.10. The van der Waals surface area contributed by atoms with E-state index in [1.165, 1.54) is 5.56 Å². The zero-order valence-electron chi connectivity index (χ0n) is 9.24. The second-order valence-corrected chi connectivity index (χ2v) is 3.88. The van der Waals surface area contributed by atoms with Crippen LogP contribution in [0.3, 0.4) is 0 Å². The molecule has 1 N–H and O–H groups in total. The van der Waals surface area contributed by atoms with Crippen LogP contribution >= 0.6 is 0 Å². The van der Waals surface area contributed by atoms with Crippen LogP contribution in [0.5, 0.6) is 0 Å². The number of nitrogens with one attached hydrogen (secondary N) is 1. The Hall–Kier alpha value is -2.36. The Labute approximate surface area is 98.9 Å². The maximum atomic E-state index is 4.34. The van der Waals surface area contributed by atoms with E-state index in [2.05, 4.69) is 27.4 Å². The second-order valence-electron chi connectivity index (χ2n) is 3.88. The van der Waals surface area contributed by atoms with Gasteiger partial charge >= 0.3 is 0 Å². The van der Waals surface area contributed by atoms with Crippen molar-refractivity contribution in [1.82, 2.24) is 20.0 Å². The minimum Gasteiger partial charge on any atom is -0.278 e. The van der Waals surface area contributed by atoms with Gasteiger partial charge in [0.05, 0.1) is 18.4 Å². The topological polar surface area (TPSA) is 46.5 Å². The first-order valence-corrected chi connectivity index (χ1v) is 5.48. The molecule has 1 aromatic carbocycles. The maximum absolute atomic E-state index is 4.34. The summed E-state index contributed by atoms with van der Waals surface area (Å²) in [6.07, 6.45) is 5.60. The van der Waals surface area contributed by atoms with Crippen LogP contribution in [0.4, 0.5) is 0 Å². The molecule has 3 aromatic rings. The van der Waals surface area contributed by atoms with Crippen LogP contribution < -0.4 is 0 Å². The van der Waals surface area contributed by atoms with E-state index in [4.69, 9.17) is 0 Å². The van der Waals surface area contributed by atoms with Crippen LogP contribution in [0.15, 0.2) is 55.0 Å². The first-order chi connectivity index (χ1) is 8.42. The van der Waals surface area contributed by atoms with Crippen LogP contribution in [-0.2, 0) is 6.54 Å². The van der Waals surface area contributed by atoms with E-state index in [1.807, 2.05) is 41.3 Å². The summed E-state index contributed by atoms with van der Waals surface area (Å²) in [5.74, 6) is 0. The monoisotopic (exact) mass is 224 g/mol. The second kappa shape index (κ2) is 4.25. The Kier molecular flexibility index (Phi) is 2.46. The van der Waals surface area contributed by atoms with E-state index in [9.17, 15) is 0 Å². The number of hydrogen-bond donors (Lipinski definition) is 1. The van der Waals surface area contributed by atoms with Gasteiger partial charge in [0.1, 0.15) is 0 Å². The summed E-state index contributed by atoms with van der Waals surface area (Å²) in [6, 6.07) is 12.2. The van der Waals surface area contributed by atoms with E-state index in [1.54, 1.807) is 6.20 Å². The van der Waals surface area contributed by atoms with Crippen molar-refractivity contribution in [2.75, 3.05) is 0 Å². The van der Waals surface area contributed by atoms with Gasteiger partial charge in [-0.1, -0.05) is 30.3 Å². The van der Waals surface area contributed by atoms with E-state index in [-0.39, 0.29) is 0 Å². The van der Waals surface area contributed by atoms with Crippen molar-refractivity contribution in [1.29, 1.82) is 0 Å². The van der Waals surface area contributed by atoms with Crippen LogP contribution in [0, 0.1) is 0 Å². The van der Waals surface area contributed by atoms with Crippen LogP contribution in [-0.4, -0.2) is 20.0 Å². The molecule has 2 heterocycles. The third-order valence-corrected chi connectivity index (χ3v) is 2.63. The Morgan fingerprint density at radius 2 is 2.00 bits per heavy atom. The number of aromatic amines is 1. The molecule has 0 aliphatic carbocycles. The molecule has 2 aromatic heterocycles. The number of H-pyrrole nitrogens is 1. The van der Waals surface area contributed by atoms with Gasteiger partial charge in [-0.25, -0.2) is 0 Å². The van der Waals surface area contributed by atoms with Gasteiger partial charge in [-0.05, 0) is 11.6 Å². The minimum absolute atomic E-state index is 0.787. The number of nitrogens with zero attached hydrogens (tertiary/aromatic N) is 3. The highest BCUT2D eigenvalue weighted by molar-refractivity contribution is 5.55. The standard InChI is InChI=1S/C13H12N4/c1-2-4-11(5-3-1)9-17-10-12(8-15-17)13-6-7-14-16-13/h1-8,10H,9H2,(H,14,16). The molecule has 0 aliphatic rings. The lowest BCUT2D eigenvalue weighted by Crippen LogP contribution is -1.99. The fraction of sp³-hybridized carbons (Fsp3) is 0.0769. The summed E-state index contributed by atoms with van der Waals surface area (Å²) in [7, 11) is 0. The molecule has 0 spiro atoms. The molecule has 0 radical (unpaired) electrons. The van der Waals surface area contributed by atoms with E-state index in [0.29, 0.717) is 0 Å². The van der Waals surface area contributed by atoms with Gasteiger partial charge in [-0.3, -0.25) is 9.78 Å². The quantitative estimate of drug-likeness (QED) is 0.742. The van der Waals surface area contributed by atoms with Crippen molar-refractivity contribution in [2.45, 2.75) is 6.54 Å². The fourth-order valence-corrected chi connectivity index (χ4v) is 1.78. The van der Waals surface area contributed by atoms with Gasteiger partial charge in [-0.15, -0.1) is 0 Å². The minimum atomic E-state index is 0.787. The van der Waals surface area contributed by atoms with Crippen molar-refractivity contribution in [3.63, 3.8) is 0 Å². The van der Waals surface area contributed by atoms with Crippen molar-refractivity contribution < 1.29 is 0 Å². The molecule has 4 nitrogen and oxygen atoms in total. The predicted octanol–water partition coefficient (Wildman–Crippen LogP) is 2.32. The van der Waals surface area contributed by atoms with Gasteiger partial charge < -0.3 is 0 Å². The molecular formula is C13H12N4. The molecule has 0 bridgehead atoms. The summed E-state index contributed by atoms with van der Waals surface area (Å²) in [4.78, 5) is 0. The highest BCUT2D eigenvalue weighted by atomic mass is 15.3. The van der Waals surface area contributed by atoms with E-state index >= 15 is 0 Å². The molecule has 84 valence electrons. The van der Waals surface area contributed by atoms with Gasteiger partial charge in [0.15, 0.2) is 0 Å². The summed E-state index contributed by atoms with van der Waals surface area (Å²) in [5.41, 5.74) is 3.29. The summed E-state index contributed by atoms with van der Waals surface area (Å²) < 4.78 is 1.92. The summed E-state index contributed by atoms with van der Waals surface area (Å²) in [6.45, 7) is 0.787. The molecule has 0 unspecified atom stereocenters.